The summed E-state index contributed by atoms with van der Waals surface area (Å²) in [5, 5.41) is 11.8. The third-order valence-electron chi connectivity index (χ3n) is 2.10. The summed E-state index contributed by atoms with van der Waals surface area (Å²) in [5.41, 5.74) is 1.08. The minimum Gasteiger partial charge on any atom is -0.480 e. The minimum absolute atomic E-state index is 0.433. The van der Waals surface area contributed by atoms with Gasteiger partial charge in [-0.15, -0.1) is 6.58 Å². The highest BCUT2D eigenvalue weighted by Gasteiger charge is 2.13. The second-order valence-corrected chi connectivity index (χ2v) is 3.28. The highest BCUT2D eigenvalue weighted by molar-refractivity contribution is 5.73. The number of aliphatic carboxylic acids is 1. The average Bonchev–Trinajstić information content (AvgIpc) is 2.25. The zero-order chi connectivity index (χ0) is 11.1. The highest BCUT2D eigenvalue weighted by Crippen LogP contribution is 2.00. The second kappa shape index (κ2) is 5.98. The fraction of sp³-hybridized carbons (Fsp3) is 0.250. The van der Waals surface area contributed by atoms with Crippen LogP contribution in [0, 0.1) is 0 Å². The van der Waals surface area contributed by atoms with E-state index in [-0.39, 0.29) is 0 Å². The first kappa shape index (κ1) is 11.5. The summed E-state index contributed by atoms with van der Waals surface area (Å²) in [5.74, 6) is -0.842. The number of hydrogen-bond donors (Lipinski definition) is 2. The summed E-state index contributed by atoms with van der Waals surface area (Å²) in [6.07, 6.45) is 2.04. The molecule has 1 aromatic carbocycles. The van der Waals surface area contributed by atoms with E-state index in [2.05, 4.69) is 11.9 Å². The van der Waals surface area contributed by atoms with Crippen LogP contribution in [-0.2, 0) is 11.3 Å². The van der Waals surface area contributed by atoms with E-state index in [1.165, 1.54) is 0 Å². The van der Waals surface area contributed by atoms with Gasteiger partial charge in [0.15, 0.2) is 0 Å². The van der Waals surface area contributed by atoms with Crippen LogP contribution in [0.1, 0.15) is 12.0 Å². The van der Waals surface area contributed by atoms with Crippen molar-refractivity contribution in [1.29, 1.82) is 0 Å². The van der Waals surface area contributed by atoms with E-state index in [0.29, 0.717) is 13.0 Å². The van der Waals surface area contributed by atoms with Crippen molar-refractivity contribution in [3.8, 4) is 0 Å². The molecule has 1 rings (SSSR count). The second-order valence-electron chi connectivity index (χ2n) is 3.28. The molecule has 3 nitrogen and oxygen atoms in total. The average molecular weight is 205 g/mol. The zero-order valence-electron chi connectivity index (χ0n) is 8.52. The SMILES string of the molecule is C=CCC(NCc1ccccc1)C(=O)O. The summed E-state index contributed by atoms with van der Waals surface area (Å²) in [4.78, 5) is 10.8. The van der Waals surface area contributed by atoms with Gasteiger partial charge in [0.1, 0.15) is 6.04 Å². The molecule has 1 aromatic rings. The number of nitrogens with one attached hydrogen (secondary N) is 1. The van der Waals surface area contributed by atoms with Gasteiger partial charge in [0.05, 0.1) is 0 Å². The van der Waals surface area contributed by atoms with Crippen LogP contribution < -0.4 is 5.32 Å². The molecule has 1 unspecified atom stereocenters. The van der Waals surface area contributed by atoms with E-state index >= 15 is 0 Å². The maximum absolute atomic E-state index is 10.8. The van der Waals surface area contributed by atoms with Gasteiger partial charge in [-0.05, 0) is 12.0 Å². The molecule has 0 bridgehead atoms. The normalized spacial score (nSPS) is 12.0. The van der Waals surface area contributed by atoms with Crippen molar-refractivity contribution in [3.63, 3.8) is 0 Å². The molecule has 0 aliphatic carbocycles. The molecule has 0 heterocycles. The van der Waals surface area contributed by atoms with E-state index < -0.39 is 12.0 Å². The largest absolute Gasteiger partial charge is 0.480 e. The van der Waals surface area contributed by atoms with Gasteiger partial charge in [-0.2, -0.15) is 0 Å². The Bertz CT molecular complexity index is 322. The maximum atomic E-state index is 10.8. The van der Waals surface area contributed by atoms with Crippen LogP contribution in [-0.4, -0.2) is 17.1 Å². The van der Waals surface area contributed by atoms with E-state index in [9.17, 15) is 4.79 Å². The van der Waals surface area contributed by atoms with Gasteiger partial charge in [0.25, 0.3) is 0 Å². The van der Waals surface area contributed by atoms with Gasteiger partial charge in [0.2, 0.25) is 0 Å². The fourth-order valence-corrected chi connectivity index (χ4v) is 1.28. The Hall–Kier alpha value is -1.61. The molecular weight excluding hydrogens is 190 g/mol. The summed E-state index contributed by atoms with van der Waals surface area (Å²) in [7, 11) is 0. The molecule has 1 atom stereocenters. The highest BCUT2D eigenvalue weighted by atomic mass is 16.4. The molecule has 0 fully saturated rings. The zero-order valence-corrected chi connectivity index (χ0v) is 8.52. The van der Waals surface area contributed by atoms with Gasteiger partial charge in [-0.3, -0.25) is 4.79 Å². The standard InChI is InChI=1S/C12H15NO2/c1-2-6-11(12(14)15)13-9-10-7-4-3-5-8-10/h2-5,7-8,11,13H,1,6,9H2,(H,14,15). The molecule has 0 saturated carbocycles. The van der Waals surface area contributed by atoms with Crippen LogP contribution >= 0.6 is 0 Å². The summed E-state index contributed by atoms with van der Waals surface area (Å²) >= 11 is 0. The van der Waals surface area contributed by atoms with Crippen molar-refractivity contribution >= 4 is 5.97 Å². The first-order chi connectivity index (χ1) is 7.24. The fourth-order valence-electron chi connectivity index (χ4n) is 1.28. The smallest absolute Gasteiger partial charge is 0.321 e. The predicted molar refractivity (Wildman–Crippen MR) is 59.5 cm³/mol. The maximum Gasteiger partial charge on any atom is 0.321 e. The third kappa shape index (κ3) is 3.95. The molecule has 0 aliphatic heterocycles. The first-order valence-electron chi connectivity index (χ1n) is 4.85. The first-order valence-corrected chi connectivity index (χ1v) is 4.85. The van der Waals surface area contributed by atoms with Crippen LogP contribution in [0.2, 0.25) is 0 Å². The van der Waals surface area contributed by atoms with E-state index in [0.717, 1.165) is 5.56 Å². The summed E-state index contributed by atoms with van der Waals surface area (Å²) in [6.45, 7) is 4.10. The Morgan fingerprint density at radius 2 is 2.13 bits per heavy atom. The molecule has 2 N–H and O–H groups in total. The van der Waals surface area contributed by atoms with E-state index in [1.54, 1.807) is 6.08 Å². The van der Waals surface area contributed by atoms with Crippen molar-refractivity contribution in [2.24, 2.45) is 0 Å². The van der Waals surface area contributed by atoms with Crippen molar-refractivity contribution in [1.82, 2.24) is 5.32 Å². The van der Waals surface area contributed by atoms with Gasteiger partial charge in [0, 0.05) is 6.54 Å². The quantitative estimate of drug-likeness (QED) is 0.696. The topological polar surface area (TPSA) is 49.3 Å². The lowest BCUT2D eigenvalue weighted by Crippen LogP contribution is -2.35. The molecule has 0 radical (unpaired) electrons. The van der Waals surface area contributed by atoms with Crippen molar-refractivity contribution in [2.75, 3.05) is 0 Å². The number of rotatable bonds is 6. The van der Waals surface area contributed by atoms with Crippen molar-refractivity contribution in [3.05, 3.63) is 48.6 Å². The van der Waals surface area contributed by atoms with Crippen molar-refractivity contribution < 1.29 is 9.90 Å². The predicted octanol–water partition coefficient (Wildman–Crippen LogP) is 1.81. The Morgan fingerprint density at radius 3 is 2.67 bits per heavy atom. The van der Waals surface area contributed by atoms with Crippen LogP contribution in [0.25, 0.3) is 0 Å². The summed E-state index contributed by atoms with van der Waals surface area (Å²) < 4.78 is 0. The Labute approximate surface area is 89.4 Å². The molecule has 0 saturated heterocycles. The van der Waals surface area contributed by atoms with E-state index in [4.69, 9.17) is 5.11 Å². The molecule has 0 amide bonds. The monoisotopic (exact) mass is 205 g/mol. The van der Waals surface area contributed by atoms with Crippen molar-refractivity contribution in [2.45, 2.75) is 19.0 Å². The number of hydrogen-bond acceptors (Lipinski definition) is 2. The van der Waals surface area contributed by atoms with Gasteiger partial charge >= 0.3 is 5.97 Å². The third-order valence-corrected chi connectivity index (χ3v) is 2.10. The lowest BCUT2D eigenvalue weighted by atomic mass is 10.1. The number of carboxylic acid groups (broad SMARTS) is 1. The molecule has 15 heavy (non-hydrogen) atoms. The Morgan fingerprint density at radius 1 is 1.47 bits per heavy atom. The van der Waals surface area contributed by atoms with Gasteiger partial charge < -0.3 is 10.4 Å². The summed E-state index contributed by atoms with van der Waals surface area (Å²) in [6, 6.07) is 9.16. The van der Waals surface area contributed by atoms with Crippen LogP contribution in [0.5, 0.6) is 0 Å². The van der Waals surface area contributed by atoms with Gasteiger partial charge in [-0.1, -0.05) is 36.4 Å². The molecular formula is C12H15NO2. The lowest BCUT2D eigenvalue weighted by Gasteiger charge is -2.12. The van der Waals surface area contributed by atoms with Crippen LogP contribution in [0.15, 0.2) is 43.0 Å². The number of carboxylic acids is 1. The van der Waals surface area contributed by atoms with E-state index in [1.807, 2.05) is 30.3 Å². The molecule has 0 aliphatic rings. The molecule has 3 heteroatoms. The van der Waals surface area contributed by atoms with Crippen LogP contribution in [0.4, 0.5) is 0 Å². The number of carbonyl (C=O) groups is 1. The number of benzene rings is 1. The molecule has 0 spiro atoms. The Kier molecular flexibility index (Phi) is 4.57. The lowest BCUT2D eigenvalue weighted by molar-refractivity contribution is -0.139. The minimum atomic E-state index is -0.842. The van der Waals surface area contributed by atoms with Gasteiger partial charge in [-0.25, -0.2) is 0 Å². The Balaban J connectivity index is 2.47. The molecule has 0 aromatic heterocycles. The van der Waals surface area contributed by atoms with Crippen LogP contribution in [0.3, 0.4) is 0 Å². The molecule has 80 valence electrons.